The van der Waals surface area contributed by atoms with E-state index in [2.05, 4.69) is 4.98 Å². The van der Waals surface area contributed by atoms with Gasteiger partial charge in [-0.25, -0.2) is 4.98 Å². The van der Waals surface area contributed by atoms with Crippen LogP contribution in [0.15, 0.2) is 12.1 Å². The van der Waals surface area contributed by atoms with Crippen molar-refractivity contribution in [3.8, 4) is 0 Å². The minimum atomic E-state index is -0.650. The lowest BCUT2D eigenvalue weighted by atomic mass is 9.93. The van der Waals surface area contributed by atoms with Gasteiger partial charge in [0.25, 0.3) is 5.91 Å². The second-order valence-corrected chi connectivity index (χ2v) is 5.50. The Morgan fingerprint density at radius 1 is 1.44 bits per heavy atom. The standard InChI is InChI=1S/C13H17ClN2O2/c1-9-7-10(8-11(14)15-9)12(17)16-5-3-13(2,18)4-6-16/h7-8,18H,3-6H2,1-2H3. The fourth-order valence-electron chi connectivity index (χ4n) is 2.13. The van der Waals surface area contributed by atoms with Crippen LogP contribution in [-0.4, -0.2) is 39.6 Å². The van der Waals surface area contributed by atoms with Crippen LogP contribution in [0.4, 0.5) is 0 Å². The Morgan fingerprint density at radius 3 is 2.61 bits per heavy atom. The molecule has 0 aliphatic carbocycles. The third-order valence-corrected chi connectivity index (χ3v) is 3.49. The molecule has 1 fully saturated rings. The summed E-state index contributed by atoms with van der Waals surface area (Å²) in [7, 11) is 0. The molecule has 98 valence electrons. The molecule has 0 atom stereocenters. The van der Waals surface area contributed by atoms with Crippen molar-refractivity contribution < 1.29 is 9.90 Å². The number of carbonyl (C=O) groups is 1. The minimum Gasteiger partial charge on any atom is -0.390 e. The van der Waals surface area contributed by atoms with Gasteiger partial charge in [0, 0.05) is 24.3 Å². The molecule has 1 saturated heterocycles. The molecule has 0 saturated carbocycles. The van der Waals surface area contributed by atoms with E-state index >= 15 is 0 Å². The summed E-state index contributed by atoms with van der Waals surface area (Å²) in [5.74, 6) is -0.0436. The first-order valence-electron chi connectivity index (χ1n) is 6.03. The molecular formula is C13H17ClN2O2. The Kier molecular flexibility index (Phi) is 3.59. The van der Waals surface area contributed by atoms with Crippen molar-refractivity contribution in [2.24, 2.45) is 0 Å². The lowest BCUT2D eigenvalue weighted by Gasteiger charge is -2.35. The second-order valence-electron chi connectivity index (χ2n) is 5.11. The molecular weight excluding hydrogens is 252 g/mol. The number of likely N-dealkylation sites (tertiary alicyclic amines) is 1. The third kappa shape index (κ3) is 3.00. The van der Waals surface area contributed by atoms with Crippen molar-refractivity contribution in [3.63, 3.8) is 0 Å². The fourth-order valence-corrected chi connectivity index (χ4v) is 2.38. The van der Waals surface area contributed by atoms with E-state index in [0.717, 1.165) is 5.69 Å². The molecule has 1 aromatic rings. The molecule has 1 amide bonds. The van der Waals surface area contributed by atoms with Crippen molar-refractivity contribution in [2.75, 3.05) is 13.1 Å². The van der Waals surface area contributed by atoms with Gasteiger partial charge < -0.3 is 10.0 Å². The smallest absolute Gasteiger partial charge is 0.254 e. The zero-order chi connectivity index (χ0) is 13.3. The molecule has 2 heterocycles. The van der Waals surface area contributed by atoms with Gasteiger partial charge in [0.15, 0.2) is 0 Å². The fraction of sp³-hybridized carbons (Fsp3) is 0.538. The Balaban J connectivity index is 2.12. The number of halogens is 1. The summed E-state index contributed by atoms with van der Waals surface area (Å²) in [6, 6.07) is 3.32. The van der Waals surface area contributed by atoms with Gasteiger partial charge in [-0.2, -0.15) is 0 Å². The third-order valence-electron chi connectivity index (χ3n) is 3.30. The van der Waals surface area contributed by atoms with Gasteiger partial charge in [-0.1, -0.05) is 11.6 Å². The first kappa shape index (κ1) is 13.3. The van der Waals surface area contributed by atoms with E-state index < -0.39 is 5.60 Å². The van der Waals surface area contributed by atoms with Gasteiger partial charge >= 0.3 is 0 Å². The van der Waals surface area contributed by atoms with Crippen LogP contribution in [0, 0.1) is 6.92 Å². The van der Waals surface area contributed by atoms with E-state index in [1.807, 2.05) is 13.8 Å². The van der Waals surface area contributed by atoms with Gasteiger partial charge in [-0.3, -0.25) is 4.79 Å². The molecule has 1 N–H and O–H groups in total. The number of piperidine rings is 1. The highest BCUT2D eigenvalue weighted by atomic mass is 35.5. The summed E-state index contributed by atoms with van der Waals surface area (Å²) in [6.07, 6.45) is 1.22. The molecule has 18 heavy (non-hydrogen) atoms. The predicted octanol–water partition coefficient (Wildman–Crippen LogP) is 2.03. The van der Waals surface area contributed by atoms with Crippen LogP contribution in [0.2, 0.25) is 5.15 Å². The maximum atomic E-state index is 12.3. The molecule has 5 heteroatoms. The average molecular weight is 269 g/mol. The number of pyridine rings is 1. The normalized spacial score (nSPS) is 18.8. The van der Waals surface area contributed by atoms with Crippen molar-refractivity contribution in [3.05, 3.63) is 28.5 Å². The lowest BCUT2D eigenvalue weighted by Crippen LogP contribution is -2.45. The second kappa shape index (κ2) is 4.86. The first-order chi connectivity index (χ1) is 8.37. The highest BCUT2D eigenvalue weighted by molar-refractivity contribution is 6.29. The summed E-state index contributed by atoms with van der Waals surface area (Å²) < 4.78 is 0. The van der Waals surface area contributed by atoms with Crippen molar-refractivity contribution in [1.82, 2.24) is 9.88 Å². The zero-order valence-corrected chi connectivity index (χ0v) is 11.4. The quantitative estimate of drug-likeness (QED) is 0.793. The highest BCUT2D eigenvalue weighted by Gasteiger charge is 2.30. The summed E-state index contributed by atoms with van der Waals surface area (Å²) in [6.45, 7) is 4.77. The van der Waals surface area contributed by atoms with Gasteiger partial charge in [0.2, 0.25) is 0 Å². The monoisotopic (exact) mass is 268 g/mol. The summed E-state index contributed by atoms with van der Waals surface area (Å²) in [4.78, 5) is 18.1. The van der Waals surface area contributed by atoms with E-state index in [4.69, 9.17) is 11.6 Å². The van der Waals surface area contributed by atoms with Crippen LogP contribution >= 0.6 is 11.6 Å². The average Bonchev–Trinajstić information content (AvgIpc) is 2.27. The lowest BCUT2D eigenvalue weighted by molar-refractivity contribution is -0.00203. The Hall–Kier alpha value is -1.13. The zero-order valence-electron chi connectivity index (χ0n) is 10.6. The minimum absolute atomic E-state index is 0.0436. The molecule has 2 rings (SSSR count). The number of rotatable bonds is 1. The maximum Gasteiger partial charge on any atom is 0.254 e. The number of nitrogens with zero attached hydrogens (tertiary/aromatic N) is 2. The summed E-state index contributed by atoms with van der Waals surface area (Å²) in [5.41, 5.74) is 0.645. The van der Waals surface area contributed by atoms with Crippen LogP contribution in [0.25, 0.3) is 0 Å². The first-order valence-corrected chi connectivity index (χ1v) is 6.41. The summed E-state index contributed by atoms with van der Waals surface area (Å²) >= 11 is 5.86. The number of aliphatic hydroxyl groups is 1. The molecule has 1 aromatic heterocycles. The molecule has 0 radical (unpaired) electrons. The van der Waals surface area contributed by atoms with E-state index in [-0.39, 0.29) is 5.91 Å². The molecule has 1 aliphatic rings. The molecule has 0 bridgehead atoms. The van der Waals surface area contributed by atoms with Gasteiger partial charge in [-0.05, 0) is 38.8 Å². The highest BCUT2D eigenvalue weighted by Crippen LogP contribution is 2.23. The Labute approximate surface area is 112 Å². The Morgan fingerprint density at radius 2 is 2.06 bits per heavy atom. The SMILES string of the molecule is Cc1cc(C(=O)N2CCC(C)(O)CC2)cc(Cl)n1. The largest absolute Gasteiger partial charge is 0.390 e. The maximum absolute atomic E-state index is 12.3. The van der Waals surface area contributed by atoms with Gasteiger partial charge in [0.1, 0.15) is 5.15 Å². The van der Waals surface area contributed by atoms with Crippen molar-refractivity contribution in [1.29, 1.82) is 0 Å². The number of hydrogen-bond donors (Lipinski definition) is 1. The van der Waals surface area contributed by atoms with Crippen LogP contribution in [0.5, 0.6) is 0 Å². The van der Waals surface area contributed by atoms with Crippen LogP contribution in [0.3, 0.4) is 0 Å². The van der Waals surface area contributed by atoms with E-state index in [1.165, 1.54) is 0 Å². The van der Waals surface area contributed by atoms with Crippen molar-refractivity contribution in [2.45, 2.75) is 32.3 Å². The molecule has 1 aliphatic heterocycles. The Bertz CT molecular complexity index is 444. The van der Waals surface area contributed by atoms with Crippen LogP contribution < -0.4 is 0 Å². The molecule has 0 aromatic carbocycles. The van der Waals surface area contributed by atoms with Gasteiger partial charge in [0.05, 0.1) is 5.60 Å². The van der Waals surface area contributed by atoms with Gasteiger partial charge in [-0.15, -0.1) is 0 Å². The molecule has 0 spiro atoms. The number of carbonyl (C=O) groups excluding carboxylic acids is 1. The van der Waals surface area contributed by atoms with E-state index in [0.29, 0.717) is 36.6 Å². The predicted molar refractivity (Wildman–Crippen MR) is 69.7 cm³/mol. The molecule has 0 unspecified atom stereocenters. The van der Waals surface area contributed by atoms with Crippen LogP contribution in [0.1, 0.15) is 35.8 Å². The number of aromatic nitrogens is 1. The molecule has 4 nitrogen and oxygen atoms in total. The van der Waals surface area contributed by atoms with Crippen LogP contribution in [-0.2, 0) is 0 Å². The summed E-state index contributed by atoms with van der Waals surface area (Å²) in [5, 5.41) is 10.2. The van der Waals surface area contributed by atoms with E-state index in [9.17, 15) is 9.90 Å². The number of amides is 1. The van der Waals surface area contributed by atoms with E-state index in [1.54, 1.807) is 17.0 Å². The number of hydrogen-bond acceptors (Lipinski definition) is 3. The van der Waals surface area contributed by atoms with Crippen molar-refractivity contribution >= 4 is 17.5 Å². The number of aryl methyl sites for hydroxylation is 1. The topological polar surface area (TPSA) is 53.4 Å².